The molecule has 0 amide bonds. The van der Waals surface area contributed by atoms with E-state index in [0.29, 0.717) is 11.8 Å². The summed E-state index contributed by atoms with van der Waals surface area (Å²) in [5.74, 6) is 4.30. The molecule has 4 rings (SSSR count). The summed E-state index contributed by atoms with van der Waals surface area (Å²) in [6.07, 6.45) is 4.54. The van der Waals surface area contributed by atoms with E-state index in [4.69, 9.17) is 0 Å². The van der Waals surface area contributed by atoms with Gasteiger partial charge in [0.2, 0.25) is 0 Å². The number of aliphatic hydroxyl groups excluding tert-OH is 2. The van der Waals surface area contributed by atoms with Gasteiger partial charge in [-0.05, 0) is 61.2 Å². The smallest absolute Gasteiger partial charge is 0.0833 e. The van der Waals surface area contributed by atoms with Crippen LogP contribution in [0.15, 0.2) is 0 Å². The van der Waals surface area contributed by atoms with Gasteiger partial charge >= 0.3 is 0 Å². The van der Waals surface area contributed by atoms with E-state index in [1.54, 1.807) is 0 Å². The monoisotopic (exact) mass is 194 g/mol. The van der Waals surface area contributed by atoms with Crippen LogP contribution in [0.1, 0.15) is 25.7 Å². The molecule has 2 nitrogen and oxygen atoms in total. The highest BCUT2D eigenvalue weighted by atomic mass is 16.3. The zero-order valence-corrected chi connectivity index (χ0v) is 8.34. The van der Waals surface area contributed by atoms with Crippen LogP contribution in [0.25, 0.3) is 0 Å². The van der Waals surface area contributed by atoms with Crippen LogP contribution in [0, 0.1) is 35.5 Å². The highest BCUT2D eigenvalue weighted by Crippen LogP contribution is 2.67. The molecule has 0 spiro atoms. The van der Waals surface area contributed by atoms with E-state index in [-0.39, 0.29) is 12.2 Å². The molecule has 0 radical (unpaired) electrons. The van der Waals surface area contributed by atoms with Crippen LogP contribution in [0.5, 0.6) is 0 Å². The second kappa shape index (κ2) is 2.35. The molecule has 0 saturated heterocycles. The number of aliphatic hydroxyl groups is 2. The van der Waals surface area contributed by atoms with Crippen LogP contribution in [0.2, 0.25) is 0 Å². The Morgan fingerprint density at radius 1 is 0.714 bits per heavy atom. The quantitative estimate of drug-likeness (QED) is 0.565. The van der Waals surface area contributed by atoms with E-state index in [0.717, 1.165) is 30.1 Å². The number of hydrogen-bond donors (Lipinski definition) is 2. The minimum absolute atomic E-state index is 0.388. The SMILES string of the molecule is O[C@@H]1[C@H](O)[C@@H]2C[C@H]1C1C2[C@@H]2CC[C@H]1C2. The van der Waals surface area contributed by atoms with Crippen LogP contribution >= 0.6 is 0 Å². The molecule has 2 N–H and O–H groups in total. The first kappa shape index (κ1) is 8.12. The van der Waals surface area contributed by atoms with Crippen molar-refractivity contribution >= 4 is 0 Å². The standard InChI is InChI=1S/C12H18O2/c13-11-7-4-8(12(11)14)10-6-2-1-5(3-6)9(7)10/h5-14H,1-4H2/t5-,6+,7-,8+,9?,10?,11-,12+. The third kappa shape index (κ3) is 0.704. The average Bonchev–Trinajstić information content (AvgIpc) is 2.87. The van der Waals surface area contributed by atoms with Gasteiger partial charge in [0.15, 0.2) is 0 Å². The molecule has 14 heavy (non-hydrogen) atoms. The first-order valence-electron chi connectivity index (χ1n) is 6.13. The first-order valence-corrected chi connectivity index (χ1v) is 6.13. The summed E-state index contributed by atoms with van der Waals surface area (Å²) in [7, 11) is 0. The summed E-state index contributed by atoms with van der Waals surface area (Å²) >= 11 is 0. The fourth-order valence-corrected chi connectivity index (χ4v) is 5.52. The molecule has 4 aliphatic carbocycles. The van der Waals surface area contributed by atoms with Crippen LogP contribution in [-0.4, -0.2) is 22.4 Å². The first-order chi connectivity index (χ1) is 6.77. The van der Waals surface area contributed by atoms with E-state index in [9.17, 15) is 10.2 Å². The van der Waals surface area contributed by atoms with Crippen molar-refractivity contribution < 1.29 is 10.2 Å². The van der Waals surface area contributed by atoms with Gasteiger partial charge in [-0.25, -0.2) is 0 Å². The Kier molecular flexibility index (Phi) is 1.37. The van der Waals surface area contributed by atoms with E-state index in [1.165, 1.54) is 19.3 Å². The Morgan fingerprint density at radius 3 is 1.71 bits per heavy atom. The van der Waals surface area contributed by atoms with E-state index in [2.05, 4.69) is 0 Å². The number of hydrogen-bond acceptors (Lipinski definition) is 2. The van der Waals surface area contributed by atoms with Crippen LogP contribution in [-0.2, 0) is 0 Å². The maximum absolute atomic E-state index is 9.91. The Morgan fingerprint density at radius 2 is 1.21 bits per heavy atom. The molecule has 2 unspecified atom stereocenters. The summed E-state index contributed by atoms with van der Waals surface area (Å²) in [6.45, 7) is 0. The largest absolute Gasteiger partial charge is 0.390 e. The lowest BCUT2D eigenvalue weighted by atomic mass is 9.69. The minimum Gasteiger partial charge on any atom is -0.390 e. The van der Waals surface area contributed by atoms with Gasteiger partial charge in [0.1, 0.15) is 0 Å². The molecule has 0 aromatic heterocycles. The normalized spacial score (nSPS) is 69.0. The zero-order valence-electron chi connectivity index (χ0n) is 8.34. The lowest BCUT2D eigenvalue weighted by molar-refractivity contribution is -0.0685. The third-order valence-electron chi connectivity index (χ3n) is 5.81. The van der Waals surface area contributed by atoms with Crippen molar-refractivity contribution in [3.05, 3.63) is 0 Å². The Bertz CT molecular complexity index is 251. The van der Waals surface area contributed by atoms with Crippen LogP contribution in [0.3, 0.4) is 0 Å². The maximum Gasteiger partial charge on any atom is 0.0833 e. The lowest BCUT2D eigenvalue weighted by Crippen LogP contribution is -2.44. The van der Waals surface area contributed by atoms with Gasteiger partial charge in [-0.3, -0.25) is 0 Å². The summed E-state index contributed by atoms with van der Waals surface area (Å²) in [6, 6.07) is 0. The zero-order chi connectivity index (χ0) is 9.45. The van der Waals surface area contributed by atoms with Gasteiger partial charge in [0.05, 0.1) is 12.2 Å². The molecule has 4 aliphatic rings. The molecule has 8 atom stereocenters. The molecule has 0 aromatic carbocycles. The predicted molar refractivity (Wildman–Crippen MR) is 51.4 cm³/mol. The summed E-state index contributed by atoms with van der Waals surface area (Å²) in [4.78, 5) is 0. The molecule has 4 saturated carbocycles. The lowest BCUT2D eigenvalue weighted by Gasteiger charge is -2.39. The fourth-order valence-electron chi connectivity index (χ4n) is 5.52. The van der Waals surface area contributed by atoms with Gasteiger partial charge in [-0.1, -0.05) is 0 Å². The van der Waals surface area contributed by atoms with Gasteiger partial charge in [-0.15, -0.1) is 0 Å². The Balaban J connectivity index is 1.74. The Hall–Kier alpha value is -0.0800. The summed E-state index contributed by atoms with van der Waals surface area (Å²) < 4.78 is 0. The molecule has 0 aliphatic heterocycles. The highest BCUT2D eigenvalue weighted by Gasteiger charge is 2.65. The molecule has 4 bridgehead atoms. The summed E-state index contributed by atoms with van der Waals surface area (Å²) in [5, 5.41) is 19.8. The fraction of sp³-hybridized carbons (Fsp3) is 1.00. The summed E-state index contributed by atoms with van der Waals surface area (Å²) in [5.41, 5.74) is 0. The van der Waals surface area contributed by atoms with E-state index >= 15 is 0 Å². The molecule has 4 fully saturated rings. The molecular formula is C12H18O2. The van der Waals surface area contributed by atoms with Crippen molar-refractivity contribution in [1.29, 1.82) is 0 Å². The molecule has 2 heteroatoms. The van der Waals surface area contributed by atoms with Crippen molar-refractivity contribution in [3.63, 3.8) is 0 Å². The van der Waals surface area contributed by atoms with Crippen molar-refractivity contribution in [1.82, 2.24) is 0 Å². The van der Waals surface area contributed by atoms with Crippen molar-refractivity contribution in [3.8, 4) is 0 Å². The highest BCUT2D eigenvalue weighted by molar-refractivity contribution is 5.14. The molecule has 0 aromatic rings. The van der Waals surface area contributed by atoms with Gasteiger partial charge in [0.25, 0.3) is 0 Å². The van der Waals surface area contributed by atoms with Crippen LogP contribution in [0.4, 0.5) is 0 Å². The second-order valence-corrected chi connectivity index (χ2v) is 6.03. The van der Waals surface area contributed by atoms with Crippen molar-refractivity contribution in [2.45, 2.75) is 37.9 Å². The molecule has 78 valence electrons. The topological polar surface area (TPSA) is 40.5 Å². The molecular weight excluding hydrogens is 176 g/mol. The van der Waals surface area contributed by atoms with Crippen LogP contribution < -0.4 is 0 Å². The third-order valence-corrected chi connectivity index (χ3v) is 5.81. The minimum atomic E-state index is -0.388. The average molecular weight is 194 g/mol. The second-order valence-electron chi connectivity index (χ2n) is 6.03. The van der Waals surface area contributed by atoms with Gasteiger partial charge < -0.3 is 10.2 Å². The van der Waals surface area contributed by atoms with E-state index in [1.807, 2.05) is 0 Å². The van der Waals surface area contributed by atoms with Crippen molar-refractivity contribution in [2.24, 2.45) is 35.5 Å². The van der Waals surface area contributed by atoms with E-state index < -0.39 is 0 Å². The number of rotatable bonds is 0. The Labute approximate surface area is 84.3 Å². The predicted octanol–water partition coefficient (Wildman–Crippen LogP) is 1.02. The number of fused-ring (bicyclic) bond motifs is 9. The van der Waals surface area contributed by atoms with Gasteiger partial charge in [0, 0.05) is 0 Å². The molecule has 0 heterocycles. The van der Waals surface area contributed by atoms with Gasteiger partial charge in [-0.2, -0.15) is 0 Å². The maximum atomic E-state index is 9.91. The van der Waals surface area contributed by atoms with Crippen molar-refractivity contribution in [2.75, 3.05) is 0 Å².